The third kappa shape index (κ3) is 2.30. The molecule has 4 nitrogen and oxygen atoms in total. The number of aryl methyl sites for hydroxylation is 1. The van der Waals surface area contributed by atoms with Crippen LogP contribution in [0.1, 0.15) is 29.9 Å². The van der Waals surface area contributed by atoms with Crippen molar-refractivity contribution in [2.45, 2.75) is 25.2 Å². The number of hydrogen-bond donors (Lipinski definition) is 3. The third-order valence-electron chi connectivity index (χ3n) is 4.53. The summed E-state index contributed by atoms with van der Waals surface area (Å²) in [4.78, 5) is 12.7. The molecule has 22 heavy (non-hydrogen) atoms. The van der Waals surface area contributed by atoms with Crippen molar-refractivity contribution < 1.29 is 4.79 Å². The van der Waals surface area contributed by atoms with Crippen LogP contribution in [0, 0.1) is 0 Å². The van der Waals surface area contributed by atoms with E-state index in [0.29, 0.717) is 0 Å². The lowest BCUT2D eigenvalue weighted by atomic mass is 9.82. The zero-order valence-corrected chi connectivity index (χ0v) is 12.4. The van der Waals surface area contributed by atoms with E-state index in [1.165, 1.54) is 11.1 Å². The molecule has 0 aromatic heterocycles. The van der Waals surface area contributed by atoms with Crippen molar-refractivity contribution in [1.82, 2.24) is 0 Å². The van der Waals surface area contributed by atoms with E-state index in [-0.39, 0.29) is 11.8 Å². The molecule has 1 amide bonds. The van der Waals surface area contributed by atoms with Crippen molar-refractivity contribution >= 4 is 23.0 Å². The van der Waals surface area contributed by atoms with Gasteiger partial charge in [-0.3, -0.25) is 4.79 Å². The van der Waals surface area contributed by atoms with Crippen LogP contribution in [0.15, 0.2) is 42.5 Å². The molecule has 0 spiro atoms. The van der Waals surface area contributed by atoms with Gasteiger partial charge < -0.3 is 16.0 Å². The van der Waals surface area contributed by atoms with Crippen LogP contribution in [-0.2, 0) is 11.2 Å². The van der Waals surface area contributed by atoms with Crippen LogP contribution >= 0.6 is 0 Å². The molecular weight excluding hydrogens is 274 g/mol. The number of carbonyl (C=O) groups is 1. The first kappa shape index (κ1) is 13.2. The summed E-state index contributed by atoms with van der Waals surface area (Å²) in [6, 6.07) is 14.2. The molecule has 0 fully saturated rings. The lowest BCUT2D eigenvalue weighted by Crippen LogP contribution is -2.24. The first-order chi connectivity index (χ1) is 10.8. The van der Waals surface area contributed by atoms with Gasteiger partial charge in [-0.25, -0.2) is 0 Å². The SMILES string of the molecule is O=C(Nc1ccc2c(c1)NCN2)[C@H]1CCCc2ccccc21. The predicted octanol–water partition coefficient (Wildman–Crippen LogP) is 3.54. The van der Waals surface area contributed by atoms with Crippen molar-refractivity contribution in [3.05, 3.63) is 53.6 Å². The quantitative estimate of drug-likeness (QED) is 0.794. The molecule has 4 heteroatoms. The van der Waals surface area contributed by atoms with Gasteiger partial charge in [-0.1, -0.05) is 24.3 Å². The van der Waals surface area contributed by atoms with Crippen molar-refractivity contribution in [2.75, 3.05) is 22.6 Å². The van der Waals surface area contributed by atoms with Crippen LogP contribution < -0.4 is 16.0 Å². The summed E-state index contributed by atoms with van der Waals surface area (Å²) < 4.78 is 0. The Kier molecular flexibility index (Phi) is 3.22. The minimum Gasteiger partial charge on any atom is -0.366 e. The van der Waals surface area contributed by atoms with Gasteiger partial charge >= 0.3 is 0 Å². The second-order valence-corrected chi connectivity index (χ2v) is 5.92. The summed E-state index contributed by atoms with van der Waals surface area (Å²) in [7, 11) is 0. The first-order valence-corrected chi connectivity index (χ1v) is 7.82. The monoisotopic (exact) mass is 293 g/mol. The Labute approximate surface area is 129 Å². The highest BCUT2D eigenvalue weighted by atomic mass is 16.1. The fraction of sp³-hybridized carbons (Fsp3) is 0.278. The van der Waals surface area contributed by atoms with Gasteiger partial charge in [0.1, 0.15) is 0 Å². The van der Waals surface area contributed by atoms with Gasteiger partial charge in [0.05, 0.1) is 24.0 Å². The Morgan fingerprint density at radius 2 is 1.95 bits per heavy atom. The predicted molar refractivity (Wildman–Crippen MR) is 89.3 cm³/mol. The Bertz CT molecular complexity index is 726. The molecule has 1 aliphatic carbocycles. The maximum Gasteiger partial charge on any atom is 0.231 e. The molecule has 0 radical (unpaired) electrons. The minimum atomic E-state index is -0.0377. The summed E-state index contributed by atoms with van der Waals surface area (Å²) in [6.45, 7) is 0.739. The fourth-order valence-electron chi connectivity index (χ4n) is 3.41. The highest BCUT2D eigenvalue weighted by molar-refractivity contribution is 5.97. The van der Waals surface area contributed by atoms with Crippen molar-refractivity contribution in [3.63, 3.8) is 0 Å². The van der Waals surface area contributed by atoms with E-state index in [1.807, 2.05) is 24.3 Å². The Morgan fingerprint density at radius 1 is 1.09 bits per heavy atom. The molecule has 1 heterocycles. The van der Waals surface area contributed by atoms with E-state index < -0.39 is 0 Å². The zero-order valence-electron chi connectivity index (χ0n) is 12.4. The average molecular weight is 293 g/mol. The molecule has 0 saturated heterocycles. The van der Waals surface area contributed by atoms with E-state index in [1.54, 1.807) is 0 Å². The molecule has 2 aromatic carbocycles. The van der Waals surface area contributed by atoms with E-state index in [4.69, 9.17) is 0 Å². The number of benzene rings is 2. The van der Waals surface area contributed by atoms with E-state index in [0.717, 1.165) is 43.0 Å². The van der Waals surface area contributed by atoms with Gasteiger partial charge in [-0.15, -0.1) is 0 Å². The van der Waals surface area contributed by atoms with E-state index in [2.05, 4.69) is 34.1 Å². The number of fused-ring (bicyclic) bond motifs is 2. The Morgan fingerprint density at radius 3 is 2.91 bits per heavy atom. The Balaban J connectivity index is 1.56. The molecule has 2 aromatic rings. The number of rotatable bonds is 2. The van der Waals surface area contributed by atoms with Crippen LogP contribution in [0.3, 0.4) is 0 Å². The molecule has 3 N–H and O–H groups in total. The number of hydrogen-bond acceptors (Lipinski definition) is 3. The maximum absolute atomic E-state index is 12.7. The zero-order chi connectivity index (χ0) is 14.9. The van der Waals surface area contributed by atoms with Crippen LogP contribution in [0.2, 0.25) is 0 Å². The molecular formula is C18H19N3O. The average Bonchev–Trinajstić information content (AvgIpc) is 3.02. The van der Waals surface area contributed by atoms with Crippen molar-refractivity contribution in [2.24, 2.45) is 0 Å². The van der Waals surface area contributed by atoms with E-state index in [9.17, 15) is 4.79 Å². The lowest BCUT2D eigenvalue weighted by molar-refractivity contribution is -0.117. The molecule has 0 saturated carbocycles. The van der Waals surface area contributed by atoms with Gasteiger partial charge in [-0.2, -0.15) is 0 Å². The molecule has 4 rings (SSSR count). The summed E-state index contributed by atoms with van der Waals surface area (Å²) in [5.41, 5.74) is 5.48. The number of amides is 1. The topological polar surface area (TPSA) is 53.2 Å². The van der Waals surface area contributed by atoms with Gasteiger partial charge in [-0.05, 0) is 48.6 Å². The summed E-state index contributed by atoms with van der Waals surface area (Å²) in [5, 5.41) is 9.56. The summed E-state index contributed by atoms with van der Waals surface area (Å²) in [6.07, 6.45) is 3.08. The molecule has 1 aliphatic heterocycles. The lowest BCUT2D eigenvalue weighted by Gasteiger charge is -2.24. The highest BCUT2D eigenvalue weighted by Gasteiger charge is 2.26. The molecule has 112 valence electrons. The highest BCUT2D eigenvalue weighted by Crippen LogP contribution is 2.33. The van der Waals surface area contributed by atoms with Crippen molar-refractivity contribution in [3.8, 4) is 0 Å². The molecule has 1 atom stereocenters. The molecule has 2 aliphatic rings. The largest absolute Gasteiger partial charge is 0.366 e. The molecule has 0 bridgehead atoms. The summed E-state index contributed by atoms with van der Waals surface area (Å²) >= 11 is 0. The van der Waals surface area contributed by atoms with Gasteiger partial charge in [0.2, 0.25) is 5.91 Å². The summed E-state index contributed by atoms with van der Waals surface area (Å²) in [5.74, 6) is 0.0577. The second-order valence-electron chi connectivity index (χ2n) is 5.92. The third-order valence-corrected chi connectivity index (χ3v) is 4.53. The van der Waals surface area contributed by atoms with Crippen LogP contribution in [0.25, 0.3) is 0 Å². The normalized spacial score (nSPS) is 18.6. The van der Waals surface area contributed by atoms with E-state index >= 15 is 0 Å². The second kappa shape index (κ2) is 5.37. The van der Waals surface area contributed by atoms with Crippen molar-refractivity contribution in [1.29, 1.82) is 0 Å². The van der Waals surface area contributed by atoms with Crippen LogP contribution in [0.4, 0.5) is 17.1 Å². The smallest absolute Gasteiger partial charge is 0.231 e. The van der Waals surface area contributed by atoms with Crippen LogP contribution in [0.5, 0.6) is 0 Å². The van der Waals surface area contributed by atoms with Gasteiger partial charge in [0.15, 0.2) is 0 Å². The number of carbonyl (C=O) groups excluding carboxylic acids is 1. The number of anilines is 3. The standard InChI is InChI=1S/C18H19N3O/c22-18(15-7-3-5-12-4-1-2-6-14(12)15)21-13-8-9-16-17(10-13)20-11-19-16/h1-2,4,6,8-10,15,19-20H,3,5,7,11H2,(H,21,22)/t15-/m0/s1. The minimum absolute atomic E-state index is 0.0377. The first-order valence-electron chi connectivity index (χ1n) is 7.82. The Hall–Kier alpha value is -2.49. The fourth-order valence-corrected chi connectivity index (χ4v) is 3.41. The molecule has 0 unspecified atom stereocenters. The van der Waals surface area contributed by atoms with Gasteiger partial charge in [0, 0.05) is 5.69 Å². The maximum atomic E-state index is 12.7. The van der Waals surface area contributed by atoms with Gasteiger partial charge in [0.25, 0.3) is 0 Å². The van der Waals surface area contributed by atoms with Crippen LogP contribution in [-0.4, -0.2) is 12.6 Å². The number of nitrogens with one attached hydrogen (secondary N) is 3.